The Kier molecular flexibility index (Phi) is 5.18. The van der Waals surface area contributed by atoms with Crippen LogP contribution in [0.15, 0.2) is 43.0 Å². The van der Waals surface area contributed by atoms with Gasteiger partial charge in [0.1, 0.15) is 0 Å². The van der Waals surface area contributed by atoms with Gasteiger partial charge in [0.15, 0.2) is 0 Å². The summed E-state index contributed by atoms with van der Waals surface area (Å²) >= 11 is 0. The van der Waals surface area contributed by atoms with E-state index < -0.39 is 0 Å². The smallest absolute Gasteiger partial charge is 0.0991 e. The number of rotatable bonds is 6. The molecule has 2 rings (SSSR count). The number of nitrogens with one attached hydrogen (secondary N) is 1. The second-order valence-corrected chi connectivity index (χ2v) is 6.87. The Morgan fingerprint density at radius 2 is 2.00 bits per heavy atom. The standard InChI is InChI=1S/C18H27N3/c1-15(20-11-7-10-18(2,3)4)16-8-5-6-9-17(16)21-13-12-19-14-21/h5-6,8-9,12-15,20H,7,10-11H2,1-4H3. The third-order valence-electron chi connectivity index (χ3n) is 3.74. The van der Waals surface area contributed by atoms with Gasteiger partial charge in [-0.3, -0.25) is 0 Å². The Labute approximate surface area is 128 Å². The van der Waals surface area contributed by atoms with Gasteiger partial charge >= 0.3 is 0 Å². The molecule has 21 heavy (non-hydrogen) atoms. The van der Waals surface area contributed by atoms with Crippen molar-refractivity contribution in [1.82, 2.24) is 14.9 Å². The summed E-state index contributed by atoms with van der Waals surface area (Å²) in [4.78, 5) is 4.14. The number of aromatic nitrogens is 2. The predicted molar refractivity (Wildman–Crippen MR) is 88.7 cm³/mol. The molecule has 1 aromatic carbocycles. The van der Waals surface area contributed by atoms with Crippen molar-refractivity contribution in [2.45, 2.75) is 46.6 Å². The van der Waals surface area contributed by atoms with Crippen molar-refractivity contribution in [2.24, 2.45) is 5.41 Å². The molecule has 0 amide bonds. The maximum atomic E-state index is 4.14. The van der Waals surface area contributed by atoms with E-state index in [4.69, 9.17) is 0 Å². The summed E-state index contributed by atoms with van der Waals surface area (Å²) in [7, 11) is 0. The van der Waals surface area contributed by atoms with Crippen LogP contribution >= 0.6 is 0 Å². The van der Waals surface area contributed by atoms with Crippen molar-refractivity contribution in [1.29, 1.82) is 0 Å². The maximum absolute atomic E-state index is 4.14. The number of imidazole rings is 1. The molecule has 1 aromatic heterocycles. The highest BCUT2D eigenvalue weighted by atomic mass is 15.0. The molecule has 0 aliphatic carbocycles. The van der Waals surface area contributed by atoms with E-state index in [1.165, 1.54) is 24.1 Å². The lowest BCUT2D eigenvalue weighted by Crippen LogP contribution is -2.22. The fourth-order valence-electron chi connectivity index (χ4n) is 2.54. The maximum Gasteiger partial charge on any atom is 0.0991 e. The molecule has 3 heteroatoms. The van der Waals surface area contributed by atoms with Crippen LogP contribution < -0.4 is 5.32 Å². The first-order valence-corrected chi connectivity index (χ1v) is 7.78. The lowest BCUT2D eigenvalue weighted by Gasteiger charge is -2.21. The van der Waals surface area contributed by atoms with E-state index >= 15 is 0 Å². The van der Waals surface area contributed by atoms with Gasteiger partial charge in [-0.1, -0.05) is 39.0 Å². The second-order valence-electron chi connectivity index (χ2n) is 6.87. The third kappa shape index (κ3) is 4.71. The lowest BCUT2D eigenvalue weighted by atomic mass is 9.90. The zero-order valence-corrected chi connectivity index (χ0v) is 13.6. The molecule has 1 heterocycles. The zero-order valence-electron chi connectivity index (χ0n) is 13.6. The van der Waals surface area contributed by atoms with Crippen LogP contribution in [0.2, 0.25) is 0 Å². The van der Waals surface area contributed by atoms with Gasteiger partial charge in [0.2, 0.25) is 0 Å². The van der Waals surface area contributed by atoms with Crippen LogP contribution in [0.1, 0.15) is 52.1 Å². The Hall–Kier alpha value is -1.61. The molecular weight excluding hydrogens is 258 g/mol. The quantitative estimate of drug-likeness (QED) is 0.800. The summed E-state index contributed by atoms with van der Waals surface area (Å²) in [6, 6.07) is 8.85. The lowest BCUT2D eigenvalue weighted by molar-refractivity contribution is 0.357. The molecule has 1 N–H and O–H groups in total. The molecular formula is C18H27N3. The van der Waals surface area contributed by atoms with Gasteiger partial charge in [-0.25, -0.2) is 4.98 Å². The van der Waals surface area contributed by atoms with Crippen LogP contribution in [0, 0.1) is 5.41 Å². The van der Waals surface area contributed by atoms with Crippen LogP contribution in [-0.4, -0.2) is 16.1 Å². The zero-order chi connectivity index (χ0) is 15.3. The molecule has 2 aromatic rings. The topological polar surface area (TPSA) is 29.9 Å². The Morgan fingerprint density at radius 1 is 1.24 bits per heavy atom. The van der Waals surface area contributed by atoms with E-state index in [9.17, 15) is 0 Å². The number of hydrogen-bond acceptors (Lipinski definition) is 2. The first-order chi connectivity index (χ1) is 9.97. The van der Waals surface area contributed by atoms with Crippen molar-refractivity contribution >= 4 is 0 Å². The summed E-state index contributed by atoms with van der Waals surface area (Å²) in [5, 5.41) is 3.64. The first-order valence-electron chi connectivity index (χ1n) is 7.78. The van der Waals surface area contributed by atoms with Crippen molar-refractivity contribution in [2.75, 3.05) is 6.54 Å². The Morgan fingerprint density at radius 3 is 2.67 bits per heavy atom. The molecule has 0 spiro atoms. The fraction of sp³-hybridized carbons (Fsp3) is 0.500. The van der Waals surface area contributed by atoms with Crippen molar-refractivity contribution in [3.05, 3.63) is 48.5 Å². The summed E-state index contributed by atoms with van der Waals surface area (Å²) in [6.07, 6.45) is 8.12. The second kappa shape index (κ2) is 6.90. The van der Waals surface area contributed by atoms with Crippen LogP contribution in [0.3, 0.4) is 0 Å². The van der Waals surface area contributed by atoms with E-state index in [1.807, 2.05) is 18.7 Å². The SMILES string of the molecule is CC(NCCCC(C)(C)C)c1ccccc1-n1ccnc1. The Balaban J connectivity index is 1.98. The largest absolute Gasteiger partial charge is 0.310 e. The normalized spacial score (nSPS) is 13.3. The minimum atomic E-state index is 0.337. The third-order valence-corrected chi connectivity index (χ3v) is 3.74. The van der Waals surface area contributed by atoms with E-state index in [0.29, 0.717) is 11.5 Å². The van der Waals surface area contributed by atoms with Gasteiger partial charge in [-0.2, -0.15) is 0 Å². The van der Waals surface area contributed by atoms with Crippen molar-refractivity contribution < 1.29 is 0 Å². The molecule has 1 atom stereocenters. The van der Waals surface area contributed by atoms with E-state index in [0.717, 1.165) is 6.54 Å². The molecule has 0 saturated carbocycles. The summed E-state index contributed by atoms with van der Waals surface area (Å²) < 4.78 is 2.07. The minimum Gasteiger partial charge on any atom is -0.310 e. The van der Waals surface area contributed by atoms with Gasteiger partial charge < -0.3 is 9.88 Å². The van der Waals surface area contributed by atoms with Gasteiger partial charge in [0.25, 0.3) is 0 Å². The van der Waals surface area contributed by atoms with E-state index in [2.05, 4.69) is 66.8 Å². The average molecular weight is 285 g/mol. The molecule has 0 saturated heterocycles. The van der Waals surface area contributed by atoms with Crippen LogP contribution in [0.5, 0.6) is 0 Å². The van der Waals surface area contributed by atoms with E-state index in [-0.39, 0.29) is 0 Å². The summed E-state index contributed by atoms with van der Waals surface area (Å²) in [5.41, 5.74) is 2.93. The predicted octanol–water partition coefficient (Wildman–Crippen LogP) is 4.35. The molecule has 0 aliphatic heterocycles. The molecule has 0 radical (unpaired) electrons. The van der Waals surface area contributed by atoms with Gasteiger partial charge in [-0.05, 0) is 43.4 Å². The van der Waals surface area contributed by atoms with E-state index in [1.54, 1.807) is 0 Å². The van der Waals surface area contributed by atoms with Crippen LogP contribution in [0.25, 0.3) is 5.69 Å². The van der Waals surface area contributed by atoms with Crippen molar-refractivity contribution in [3.8, 4) is 5.69 Å². The molecule has 0 aliphatic rings. The number of benzene rings is 1. The van der Waals surface area contributed by atoms with Gasteiger partial charge in [0.05, 0.1) is 12.0 Å². The van der Waals surface area contributed by atoms with Gasteiger partial charge in [0, 0.05) is 18.4 Å². The fourth-order valence-corrected chi connectivity index (χ4v) is 2.54. The first kappa shape index (κ1) is 15.8. The molecule has 0 bridgehead atoms. The van der Waals surface area contributed by atoms with Crippen LogP contribution in [0.4, 0.5) is 0 Å². The highest BCUT2D eigenvalue weighted by Gasteiger charge is 2.12. The molecule has 3 nitrogen and oxygen atoms in total. The average Bonchev–Trinajstić information content (AvgIpc) is 2.96. The highest BCUT2D eigenvalue weighted by molar-refractivity contribution is 5.42. The minimum absolute atomic E-state index is 0.337. The molecule has 1 unspecified atom stereocenters. The molecule has 0 fully saturated rings. The summed E-state index contributed by atoms with van der Waals surface area (Å²) in [6.45, 7) is 10.2. The number of hydrogen-bond donors (Lipinski definition) is 1. The molecule has 114 valence electrons. The summed E-state index contributed by atoms with van der Waals surface area (Å²) in [5.74, 6) is 0. The van der Waals surface area contributed by atoms with Crippen LogP contribution in [-0.2, 0) is 0 Å². The number of para-hydroxylation sites is 1. The monoisotopic (exact) mass is 285 g/mol. The van der Waals surface area contributed by atoms with Crippen molar-refractivity contribution in [3.63, 3.8) is 0 Å². The van der Waals surface area contributed by atoms with Gasteiger partial charge in [-0.15, -0.1) is 0 Å². The highest BCUT2D eigenvalue weighted by Crippen LogP contribution is 2.23. The Bertz CT molecular complexity index is 538. The number of nitrogens with zero attached hydrogens (tertiary/aromatic N) is 2.